The average Bonchev–Trinajstić information content (AvgIpc) is 3.27. The summed E-state index contributed by atoms with van der Waals surface area (Å²) >= 11 is 1.26. The van der Waals surface area contributed by atoms with E-state index in [2.05, 4.69) is 16.9 Å². The van der Waals surface area contributed by atoms with Gasteiger partial charge < -0.3 is 5.32 Å². The summed E-state index contributed by atoms with van der Waals surface area (Å²) in [5, 5.41) is 4.84. The first-order valence-electron chi connectivity index (χ1n) is 7.42. The van der Waals surface area contributed by atoms with Crippen molar-refractivity contribution in [3.05, 3.63) is 70.8 Å². The highest BCUT2D eigenvalue weighted by molar-refractivity contribution is 7.87. The molecule has 1 unspecified atom stereocenters. The molecule has 0 saturated carbocycles. The highest BCUT2D eigenvalue weighted by Gasteiger charge is 2.11. The summed E-state index contributed by atoms with van der Waals surface area (Å²) in [4.78, 5) is 16.5. The number of hydrogen-bond acceptors (Lipinski definition) is 4. The van der Waals surface area contributed by atoms with Crippen molar-refractivity contribution in [2.75, 3.05) is 5.32 Å². The van der Waals surface area contributed by atoms with Crippen LogP contribution in [0.25, 0.3) is 0 Å². The first kappa shape index (κ1) is 19.8. The second-order valence-corrected chi connectivity index (χ2v) is 6.39. The van der Waals surface area contributed by atoms with E-state index in [1.807, 2.05) is 26.8 Å². The van der Waals surface area contributed by atoms with Crippen molar-refractivity contribution < 1.29 is 9.00 Å². The average molecular weight is 364 g/mol. The minimum absolute atomic E-state index is 0.283. The molecule has 0 fully saturated rings. The molecule has 1 amide bonds. The predicted molar refractivity (Wildman–Crippen MR) is 102 cm³/mol. The lowest BCUT2D eigenvalue weighted by molar-refractivity contribution is 0.102. The molecule has 0 aliphatic carbocycles. The maximum Gasteiger partial charge on any atom is 0.284 e. The molecule has 7 heteroatoms. The number of hydrogen-bond donors (Lipinski definition) is 1. The van der Waals surface area contributed by atoms with Gasteiger partial charge in [0.05, 0.1) is 10.6 Å². The summed E-state index contributed by atoms with van der Waals surface area (Å²) in [6, 6.07) is 1.69. The van der Waals surface area contributed by atoms with Crippen molar-refractivity contribution in [2.24, 2.45) is 0 Å². The Kier molecular flexibility index (Phi) is 8.67. The van der Waals surface area contributed by atoms with Gasteiger partial charge in [0.2, 0.25) is 0 Å². The molecule has 0 aromatic carbocycles. The second kappa shape index (κ2) is 10.5. The topological polar surface area (TPSA) is 64.0 Å². The Bertz CT molecular complexity index is 744. The summed E-state index contributed by atoms with van der Waals surface area (Å²) in [5.74, 6) is -0.283. The van der Waals surface area contributed by atoms with E-state index in [9.17, 15) is 9.00 Å². The fraction of sp³-hybridized carbons (Fsp3) is 0.176. The molecule has 1 N–H and O–H groups in total. The van der Waals surface area contributed by atoms with Gasteiger partial charge in [0.25, 0.3) is 5.91 Å². The van der Waals surface area contributed by atoms with Crippen molar-refractivity contribution in [3.63, 3.8) is 0 Å². The number of allylic oxidation sites excluding steroid dienone is 4. The molecule has 1 atom stereocenters. The van der Waals surface area contributed by atoms with Crippen LogP contribution in [0.2, 0.25) is 0 Å². The maximum atomic E-state index is 12.4. The van der Waals surface area contributed by atoms with Gasteiger partial charge in [0.15, 0.2) is 16.0 Å². The lowest BCUT2D eigenvalue weighted by Gasteiger charge is -2.03. The molecule has 24 heavy (non-hydrogen) atoms. The van der Waals surface area contributed by atoms with Crippen LogP contribution in [0.5, 0.6) is 0 Å². The Morgan fingerprint density at radius 1 is 1.46 bits per heavy atom. The molecule has 2 aromatic heterocycles. The quantitative estimate of drug-likeness (QED) is 0.775. The monoisotopic (exact) mass is 363 g/mol. The number of amides is 1. The van der Waals surface area contributed by atoms with E-state index in [0.717, 1.165) is 0 Å². The van der Waals surface area contributed by atoms with E-state index in [0.29, 0.717) is 15.6 Å². The number of carbonyl (C=O) groups is 1. The molecule has 128 valence electrons. The van der Waals surface area contributed by atoms with Crippen molar-refractivity contribution in [1.29, 1.82) is 0 Å². The van der Waals surface area contributed by atoms with Gasteiger partial charge >= 0.3 is 0 Å². The number of anilines is 1. The fourth-order valence-electron chi connectivity index (χ4n) is 1.65. The molecular formula is C17H21N3O2S2. The van der Waals surface area contributed by atoms with Crippen LogP contribution in [0.3, 0.4) is 0 Å². The Morgan fingerprint density at radius 3 is 2.79 bits per heavy atom. The van der Waals surface area contributed by atoms with Crippen LogP contribution < -0.4 is 5.32 Å². The summed E-state index contributed by atoms with van der Waals surface area (Å²) < 4.78 is 14.0. The fourth-order valence-corrected chi connectivity index (χ4v) is 3.27. The van der Waals surface area contributed by atoms with Gasteiger partial charge in [-0.3, -0.25) is 8.77 Å². The summed E-state index contributed by atoms with van der Waals surface area (Å²) in [6.07, 6.45) is 11.7. The lowest BCUT2D eigenvalue weighted by Crippen LogP contribution is -2.11. The third-order valence-corrected chi connectivity index (χ3v) is 4.62. The lowest BCUT2D eigenvalue weighted by atomic mass is 10.4. The van der Waals surface area contributed by atoms with Gasteiger partial charge in [-0.25, -0.2) is 9.19 Å². The van der Waals surface area contributed by atoms with Crippen LogP contribution in [0.1, 0.15) is 30.6 Å². The summed E-state index contributed by atoms with van der Waals surface area (Å²) in [7, 11) is -1.40. The van der Waals surface area contributed by atoms with Crippen molar-refractivity contribution >= 4 is 33.9 Å². The zero-order valence-corrected chi connectivity index (χ0v) is 15.6. The van der Waals surface area contributed by atoms with Gasteiger partial charge in [-0.1, -0.05) is 32.6 Å². The molecule has 0 radical (unpaired) electrons. The van der Waals surface area contributed by atoms with Gasteiger partial charge in [-0.15, -0.1) is 11.3 Å². The highest BCUT2D eigenvalue weighted by atomic mass is 32.2. The van der Waals surface area contributed by atoms with Crippen molar-refractivity contribution in [3.8, 4) is 0 Å². The van der Waals surface area contributed by atoms with Crippen LogP contribution in [0, 0.1) is 0 Å². The Hall–Kier alpha value is -2.25. The van der Waals surface area contributed by atoms with E-state index in [-0.39, 0.29) is 5.91 Å². The molecule has 0 spiro atoms. The standard InChI is InChI=1S/C15H15N3O2S2.C2H6/c1-3-5-13(6-4-2)22(20)18-9-7-12(11-18)17-14(19)15-16-8-10-21-15;1-2/h3-11H,1H2,2H3,(H,17,19);1-2H3/b6-4-,13-5+;. The third kappa shape index (κ3) is 5.43. The molecule has 0 aliphatic rings. The minimum atomic E-state index is -1.40. The van der Waals surface area contributed by atoms with E-state index in [1.54, 1.807) is 48.3 Å². The van der Waals surface area contributed by atoms with Gasteiger partial charge in [0, 0.05) is 24.0 Å². The molecule has 2 aromatic rings. The largest absolute Gasteiger partial charge is 0.319 e. The highest BCUT2D eigenvalue weighted by Crippen LogP contribution is 2.15. The molecule has 0 aliphatic heterocycles. The molecular weight excluding hydrogens is 342 g/mol. The first-order chi connectivity index (χ1) is 11.7. The van der Waals surface area contributed by atoms with E-state index in [1.165, 1.54) is 15.3 Å². The Balaban J connectivity index is 0.00000139. The molecule has 0 saturated heterocycles. The zero-order chi connectivity index (χ0) is 17.9. The van der Waals surface area contributed by atoms with Crippen LogP contribution in [0.4, 0.5) is 5.69 Å². The number of rotatable bonds is 6. The van der Waals surface area contributed by atoms with E-state index < -0.39 is 11.0 Å². The Labute approximate surface area is 149 Å². The van der Waals surface area contributed by atoms with Crippen LogP contribution in [-0.2, 0) is 11.0 Å². The van der Waals surface area contributed by atoms with Crippen molar-refractivity contribution in [2.45, 2.75) is 20.8 Å². The molecule has 0 bridgehead atoms. The SMILES string of the molecule is C=C/C=C(\C=C/C)S(=O)n1ccc(NC(=O)c2nccs2)c1.CC. The van der Waals surface area contributed by atoms with E-state index >= 15 is 0 Å². The number of carbonyl (C=O) groups excluding carboxylic acids is 1. The van der Waals surface area contributed by atoms with Gasteiger partial charge in [-0.05, 0) is 25.1 Å². The smallest absolute Gasteiger partial charge is 0.284 e. The predicted octanol–water partition coefficient (Wildman–Crippen LogP) is 4.38. The third-order valence-electron chi connectivity index (χ3n) is 2.56. The van der Waals surface area contributed by atoms with Crippen molar-refractivity contribution in [1.82, 2.24) is 8.96 Å². The summed E-state index contributed by atoms with van der Waals surface area (Å²) in [6.45, 7) is 9.47. The zero-order valence-electron chi connectivity index (χ0n) is 13.9. The van der Waals surface area contributed by atoms with Crippen LogP contribution in [-0.4, -0.2) is 19.1 Å². The maximum absolute atomic E-state index is 12.4. The van der Waals surface area contributed by atoms with Gasteiger partial charge in [-0.2, -0.15) is 0 Å². The number of nitrogens with zero attached hydrogens (tertiary/aromatic N) is 2. The molecule has 5 nitrogen and oxygen atoms in total. The number of thiazole rings is 1. The Morgan fingerprint density at radius 2 is 2.21 bits per heavy atom. The van der Waals surface area contributed by atoms with Crippen LogP contribution >= 0.6 is 11.3 Å². The minimum Gasteiger partial charge on any atom is -0.319 e. The number of aromatic nitrogens is 2. The number of nitrogens with one attached hydrogen (secondary N) is 1. The first-order valence-corrected chi connectivity index (χ1v) is 9.41. The molecule has 2 heterocycles. The van der Waals surface area contributed by atoms with Crippen LogP contribution in [0.15, 0.2) is 65.8 Å². The summed E-state index contributed by atoms with van der Waals surface area (Å²) in [5.41, 5.74) is 0.562. The van der Waals surface area contributed by atoms with E-state index in [4.69, 9.17) is 0 Å². The van der Waals surface area contributed by atoms with Gasteiger partial charge in [0.1, 0.15) is 0 Å². The second-order valence-electron chi connectivity index (χ2n) is 4.11. The molecule has 2 rings (SSSR count). The normalized spacial score (nSPS) is 12.4.